The first-order valence-corrected chi connectivity index (χ1v) is 5.52. The van der Waals surface area contributed by atoms with Gasteiger partial charge >= 0.3 is 0 Å². The van der Waals surface area contributed by atoms with Crippen LogP contribution in [0.15, 0.2) is 12.1 Å². The summed E-state index contributed by atoms with van der Waals surface area (Å²) in [5, 5.41) is 12.7. The van der Waals surface area contributed by atoms with Crippen molar-refractivity contribution in [2.24, 2.45) is 0 Å². The van der Waals surface area contributed by atoms with Crippen molar-refractivity contribution in [3.05, 3.63) is 23.5 Å². The fourth-order valence-electron chi connectivity index (χ4n) is 2.09. The normalized spacial score (nSPS) is 20.8. The molecule has 1 unspecified atom stereocenters. The third-order valence-electron chi connectivity index (χ3n) is 2.98. The minimum Gasteiger partial charge on any atom is -0.505 e. The van der Waals surface area contributed by atoms with E-state index < -0.39 is 5.82 Å². The van der Waals surface area contributed by atoms with Gasteiger partial charge in [0.15, 0.2) is 11.6 Å². The third kappa shape index (κ3) is 2.11. The number of phenols is 1. The van der Waals surface area contributed by atoms with Crippen LogP contribution in [0.1, 0.15) is 30.9 Å². The molecule has 1 atom stereocenters. The van der Waals surface area contributed by atoms with Gasteiger partial charge in [-0.15, -0.1) is 0 Å². The molecule has 0 bridgehead atoms. The first-order chi connectivity index (χ1) is 7.72. The summed E-state index contributed by atoms with van der Waals surface area (Å²) < 4.78 is 18.8. The van der Waals surface area contributed by atoms with Gasteiger partial charge < -0.3 is 15.2 Å². The zero-order chi connectivity index (χ0) is 11.5. The average Bonchev–Trinajstić information content (AvgIpc) is 2.33. The summed E-state index contributed by atoms with van der Waals surface area (Å²) in [5.74, 6) is -0.400. The Morgan fingerprint density at radius 2 is 2.25 bits per heavy atom. The highest BCUT2D eigenvalue weighted by Gasteiger charge is 2.21. The van der Waals surface area contributed by atoms with Crippen LogP contribution < -0.4 is 10.1 Å². The van der Waals surface area contributed by atoms with Crippen molar-refractivity contribution in [3.63, 3.8) is 0 Å². The van der Waals surface area contributed by atoms with Crippen molar-refractivity contribution < 1.29 is 14.2 Å². The molecular weight excluding hydrogens is 209 g/mol. The highest BCUT2D eigenvalue weighted by Crippen LogP contribution is 2.33. The van der Waals surface area contributed by atoms with Crippen LogP contribution in [-0.2, 0) is 0 Å². The van der Waals surface area contributed by atoms with Crippen LogP contribution in [0.5, 0.6) is 11.5 Å². The van der Waals surface area contributed by atoms with Gasteiger partial charge in [-0.25, -0.2) is 4.39 Å². The molecule has 3 nitrogen and oxygen atoms in total. The first-order valence-electron chi connectivity index (χ1n) is 5.52. The molecule has 4 heteroatoms. The lowest BCUT2D eigenvalue weighted by Gasteiger charge is -2.24. The van der Waals surface area contributed by atoms with Crippen LogP contribution in [0, 0.1) is 5.82 Å². The lowest BCUT2D eigenvalue weighted by molar-refractivity contribution is 0.370. The Morgan fingerprint density at radius 3 is 2.88 bits per heavy atom. The predicted octanol–water partition coefficient (Wildman–Crippen LogP) is 2.35. The second-order valence-electron chi connectivity index (χ2n) is 4.05. The van der Waals surface area contributed by atoms with Crippen molar-refractivity contribution >= 4 is 0 Å². The number of hydrogen-bond acceptors (Lipinski definition) is 3. The van der Waals surface area contributed by atoms with E-state index in [1.165, 1.54) is 13.2 Å². The van der Waals surface area contributed by atoms with Gasteiger partial charge in [0.1, 0.15) is 5.75 Å². The molecule has 1 aromatic rings. The molecular formula is C12H16FNO2. The van der Waals surface area contributed by atoms with Gasteiger partial charge in [-0.3, -0.25) is 0 Å². The van der Waals surface area contributed by atoms with Gasteiger partial charge in [0.25, 0.3) is 0 Å². The fourth-order valence-corrected chi connectivity index (χ4v) is 2.09. The standard InChI is InChI=1S/C12H16FNO2/c1-16-8-6-9(12(13)11(15)7-8)10-4-2-3-5-14-10/h6-7,10,14-15H,2-5H2,1H3. The predicted molar refractivity (Wildman–Crippen MR) is 59.2 cm³/mol. The third-order valence-corrected chi connectivity index (χ3v) is 2.98. The minimum atomic E-state index is -0.541. The van der Waals surface area contributed by atoms with Crippen LogP contribution in [0.4, 0.5) is 4.39 Å². The molecule has 1 saturated heterocycles. The minimum absolute atomic E-state index is 0.0188. The summed E-state index contributed by atoms with van der Waals surface area (Å²) in [6, 6.07) is 2.93. The zero-order valence-electron chi connectivity index (χ0n) is 9.29. The van der Waals surface area contributed by atoms with Crippen molar-refractivity contribution in [2.75, 3.05) is 13.7 Å². The summed E-state index contributed by atoms with van der Waals surface area (Å²) in [4.78, 5) is 0. The van der Waals surface area contributed by atoms with Crippen molar-refractivity contribution in [3.8, 4) is 11.5 Å². The second kappa shape index (κ2) is 4.70. The molecule has 16 heavy (non-hydrogen) atoms. The SMILES string of the molecule is COc1cc(O)c(F)c(C2CCCCN2)c1. The molecule has 1 aliphatic heterocycles. The Kier molecular flexibility index (Phi) is 3.29. The van der Waals surface area contributed by atoms with E-state index >= 15 is 0 Å². The van der Waals surface area contributed by atoms with E-state index in [1.54, 1.807) is 6.07 Å². The highest BCUT2D eigenvalue weighted by molar-refractivity contribution is 5.40. The number of aromatic hydroxyl groups is 1. The number of hydrogen-bond donors (Lipinski definition) is 2. The average molecular weight is 225 g/mol. The van der Waals surface area contributed by atoms with Gasteiger partial charge in [-0.05, 0) is 25.5 Å². The van der Waals surface area contributed by atoms with Crippen molar-refractivity contribution in [1.82, 2.24) is 5.32 Å². The van der Waals surface area contributed by atoms with Crippen LogP contribution in [-0.4, -0.2) is 18.8 Å². The monoisotopic (exact) mass is 225 g/mol. The maximum absolute atomic E-state index is 13.8. The lowest BCUT2D eigenvalue weighted by atomic mass is 9.96. The summed E-state index contributed by atoms with van der Waals surface area (Å²) in [6.07, 6.45) is 3.09. The van der Waals surface area contributed by atoms with Gasteiger partial charge in [-0.2, -0.15) is 0 Å². The van der Waals surface area contributed by atoms with Gasteiger partial charge in [0.2, 0.25) is 0 Å². The number of methoxy groups -OCH3 is 1. The maximum Gasteiger partial charge on any atom is 0.169 e. The fraction of sp³-hybridized carbons (Fsp3) is 0.500. The summed E-state index contributed by atoms with van der Waals surface area (Å²) in [6.45, 7) is 0.891. The summed E-state index contributed by atoms with van der Waals surface area (Å²) in [5.41, 5.74) is 0.497. The van der Waals surface area contributed by atoms with Crippen LogP contribution in [0.2, 0.25) is 0 Å². The van der Waals surface area contributed by atoms with Crippen molar-refractivity contribution in [1.29, 1.82) is 0 Å². The first kappa shape index (κ1) is 11.2. The number of phenolic OH excluding ortho intramolecular Hbond substituents is 1. The molecule has 2 N–H and O–H groups in total. The topological polar surface area (TPSA) is 41.5 Å². The van der Waals surface area contributed by atoms with E-state index in [9.17, 15) is 9.50 Å². The number of nitrogens with one attached hydrogen (secondary N) is 1. The number of rotatable bonds is 2. The van der Waals surface area contributed by atoms with E-state index in [0.717, 1.165) is 25.8 Å². The Labute approximate surface area is 94.2 Å². The van der Waals surface area contributed by atoms with E-state index in [4.69, 9.17) is 4.74 Å². The molecule has 1 heterocycles. The largest absolute Gasteiger partial charge is 0.505 e. The van der Waals surface area contributed by atoms with Crippen LogP contribution in [0.25, 0.3) is 0 Å². The van der Waals surface area contributed by atoms with E-state index in [0.29, 0.717) is 11.3 Å². The van der Waals surface area contributed by atoms with E-state index in [1.807, 2.05) is 0 Å². The molecule has 0 spiro atoms. The molecule has 1 fully saturated rings. The Balaban J connectivity index is 2.33. The number of benzene rings is 1. The molecule has 0 aliphatic carbocycles. The number of ether oxygens (including phenoxy) is 1. The Morgan fingerprint density at radius 1 is 1.44 bits per heavy atom. The maximum atomic E-state index is 13.8. The van der Waals surface area contributed by atoms with Gasteiger partial charge in [-0.1, -0.05) is 6.42 Å². The summed E-state index contributed by atoms with van der Waals surface area (Å²) >= 11 is 0. The molecule has 0 saturated carbocycles. The Hall–Kier alpha value is -1.29. The van der Waals surface area contributed by atoms with Crippen molar-refractivity contribution in [2.45, 2.75) is 25.3 Å². The number of piperidine rings is 1. The van der Waals surface area contributed by atoms with Crippen LogP contribution in [0.3, 0.4) is 0 Å². The highest BCUT2D eigenvalue weighted by atomic mass is 19.1. The van der Waals surface area contributed by atoms with Crippen LogP contribution >= 0.6 is 0 Å². The smallest absolute Gasteiger partial charge is 0.169 e. The summed E-state index contributed by atoms with van der Waals surface area (Å²) in [7, 11) is 1.50. The molecule has 1 aromatic carbocycles. The molecule has 0 amide bonds. The molecule has 0 aromatic heterocycles. The van der Waals surface area contributed by atoms with E-state index in [2.05, 4.69) is 5.32 Å². The molecule has 0 radical (unpaired) electrons. The number of halogens is 1. The van der Waals surface area contributed by atoms with Gasteiger partial charge in [0, 0.05) is 17.7 Å². The molecule has 2 rings (SSSR count). The molecule has 88 valence electrons. The Bertz CT molecular complexity index is 376. The molecule has 1 aliphatic rings. The second-order valence-corrected chi connectivity index (χ2v) is 4.05. The lowest BCUT2D eigenvalue weighted by Crippen LogP contribution is -2.27. The van der Waals surface area contributed by atoms with Gasteiger partial charge in [0.05, 0.1) is 7.11 Å². The quantitative estimate of drug-likeness (QED) is 0.811. The zero-order valence-corrected chi connectivity index (χ0v) is 9.29. The van der Waals surface area contributed by atoms with E-state index in [-0.39, 0.29) is 11.8 Å².